The van der Waals surface area contributed by atoms with Gasteiger partial charge < -0.3 is 5.32 Å². The summed E-state index contributed by atoms with van der Waals surface area (Å²) in [5.74, 6) is -0.532. The van der Waals surface area contributed by atoms with E-state index in [1.807, 2.05) is 17.5 Å². The molecule has 1 amide bonds. The molecule has 1 aliphatic heterocycles. The first-order valence-corrected chi connectivity index (χ1v) is 11.3. The van der Waals surface area contributed by atoms with Crippen molar-refractivity contribution in [2.75, 3.05) is 11.5 Å². The van der Waals surface area contributed by atoms with Crippen LogP contribution in [0.4, 0.5) is 0 Å². The van der Waals surface area contributed by atoms with Crippen molar-refractivity contribution in [1.29, 1.82) is 0 Å². The van der Waals surface area contributed by atoms with E-state index in [2.05, 4.69) is 36.5 Å². The average molecular weight is 378 g/mol. The lowest BCUT2D eigenvalue weighted by Crippen LogP contribution is -2.34. The van der Waals surface area contributed by atoms with E-state index >= 15 is 0 Å². The number of thiophene rings is 1. The minimum Gasteiger partial charge on any atom is -0.344 e. The predicted octanol–water partition coefficient (Wildman–Crippen LogP) is 3.34. The standard InChI is InChI=1S/C19H23NO3S2/c1-2-4-14-6-8-15(9-7-14)18(17-5-3-11-24-17)20-19(21)16-10-12-25(22,23)13-16/h3,5-9,11,16,18H,2,4,10,12-13H2,1H3,(H,20,21)/t16-,18-/m1/s1. The van der Waals surface area contributed by atoms with Gasteiger partial charge in [-0.2, -0.15) is 0 Å². The van der Waals surface area contributed by atoms with Crippen LogP contribution >= 0.6 is 11.3 Å². The Hall–Kier alpha value is -1.66. The summed E-state index contributed by atoms with van der Waals surface area (Å²) in [7, 11) is -3.06. The van der Waals surface area contributed by atoms with Gasteiger partial charge >= 0.3 is 0 Å². The maximum atomic E-state index is 12.6. The summed E-state index contributed by atoms with van der Waals surface area (Å²) in [6.45, 7) is 2.15. The van der Waals surface area contributed by atoms with E-state index in [0.717, 1.165) is 23.3 Å². The Bertz CT molecular complexity index is 811. The number of amides is 1. The molecule has 0 radical (unpaired) electrons. The normalized spacial score (nSPS) is 20.3. The molecule has 1 N–H and O–H groups in total. The summed E-state index contributed by atoms with van der Waals surface area (Å²) in [5, 5.41) is 5.06. The molecule has 1 fully saturated rings. The van der Waals surface area contributed by atoms with Crippen LogP contribution in [0.15, 0.2) is 41.8 Å². The summed E-state index contributed by atoms with van der Waals surface area (Å²) in [6, 6.07) is 12.1. The summed E-state index contributed by atoms with van der Waals surface area (Å²) >= 11 is 1.59. The van der Waals surface area contributed by atoms with Gasteiger partial charge in [-0.15, -0.1) is 11.3 Å². The molecule has 0 unspecified atom stereocenters. The highest BCUT2D eigenvalue weighted by molar-refractivity contribution is 7.91. The van der Waals surface area contributed by atoms with E-state index in [0.29, 0.717) is 6.42 Å². The second-order valence-electron chi connectivity index (χ2n) is 6.55. The molecular formula is C19H23NO3S2. The third-order valence-electron chi connectivity index (χ3n) is 4.57. The molecular weight excluding hydrogens is 354 g/mol. The van der Waals surface area contributed by atoms with Gasteiger partial charge in [-0.05, 0) is 35.4 Å². The molecule has 25 heavy (non-hydrogen) atoms. The largest absolute Gasteiger partial charge is 0.344 e. The van der Waals surface area contributed by atoms with Gasteiger partial charge in [0.25, 0.3) is 0 Å². The van der Waals surface area contributed by atoms with Crippen LogP contribution in [-0.4, -0.2) is 25.8 Å². The van der Waals surface area contributed by atoms with Crippen molar-refractivity contribution in [3.8, 4) is 0 Å². The summed E-state index contributed by atoms with van der Waals surface area (Å²) in [5.41, 5.74) is 2.31. The highest BCUT2D eigenvalue weighted by Gasteiger charge is 2.34. The molecule has 1 aromatic carbocycles. The monoisotopic (exact) mass is 377 g/mol. The number of hydrogen-bond donors (Lipinski definition) is 1. The van der Waals surface area contributed by atoms with Crippen LogP contribution in [0.2, 0.25) is 0 Å². The second kappa shape index (κ2) is 7.70. The van der Waals surface area contributed by atoms with Crippen LogP contribution in [0.1, 0.15) is 41.8 Å². The van der Waals surface area contributed by atoms with Crippen LogP contribution in [0.25, 0.3) is 0 Å². The van der Waals surface area contributed by atoms with Crippen LogP contribution in [0, 0.1) is 5.92 Å². The van der Waals surface area contributed by atoms with Crippen molar-refractivity contribution in [2.24, 2.45) is 5.92 Å². The van der Waals surface area contributed by atoms with Crippen molar-refractivity contribution < 1.29 is 13.2 Å². The van der Waals surface area contributed by atoms with Gasteiger partial charge in [0, 0.05) is 4.88 Å². The highest BCUT2D eigenvalue weighted by Crippen LogP contribution is 2.28. The Kier molecular flexibility index (Phi) is 5.59. The zero-order chi connectivity index (χ0) is 17.9. The number of hydrogen-bond acceptors (Lipinski definition) is 4. The molecule has 6 heteroatoms. The van der Waals surface area contributed by atoms with Crippen molar-refractivity contribution >= 4 is 27.1 Å². The van der Waals surface area contributed by atoms with Crippen LogP contribution < -0.4 is 5.32 Å². The summed E-state index contributed by atoms with van der Waals surface area (Å²) in [4.78, 5) is 13.7. The number of carbonyl (C=O) groups excluding carboxylic acids is 1. The number of nitrogens with one attached hydrogen (secondary N) is 1. The molecule has 0 aliphatic carbocycles. The highest BCUT2D eigenvalue weighted by atomic mass is 32.2. The number of aryl methyl sites for hydroxylation is 1. The van der Waals surface area contributed by atoms with Crippen LogP contribution in [0.5, 0.6) is 0 Å². The van der Waals surface area contributed by atoms with E-state index in [-0.39, 0.29) is 23.5 Å². The molecule has 1 saturated heterocycles. The lowest BCUT2D eigenvalue weighted by Gasteiger charge is -2.20. The van der Waals surface area contributed by atoms with Crippen molar-refractivity contribution in [3.05, 3.63) is 57.8 Å². The third-order valence-corrected chi connectivity index (χ3v) is 7.27. The first-order chi connectivity index (χ1) is 12.0. The molecule has 134 valence electrons. The molecule has 0 saturated carbocycles. The minimum atomic E-state index is -3.06. The van der Waals surface area contributed by atoms with Crippen molar-refractivity contribution in [1.82, 2.24) is 5.32 Å². The number of rotatable bonds is 6. The van der Waals surface area contributed by atoms with Crippen molar-refractivity contribution in [3.63, 3.8) is 0 Å². The van der Waals surface area contributed by atoms with Gasteiger partial charge in [0.05, 0.1) is 23.5 Å². The quantitative estimate of drug-likeness (QED) is 0.840. The number of benzene rings is 1. The SMILES string of the molecule is CCCc1ccc([C@@H](NC(=O)[C@@H]2CCS(=O)(=O)C2)c2cccs2)cc1. The Morgan fingerprint density at radius 3 is 2.60 bits per heavy atom. The maximum Gasteiger partial charge on any atom is 0.224 e. The number of carbonyl (C=O) groups is 1. The van der Waals surface area contributed by atoms with E-state index in [9.17, 15) is 13.2 Å². The average Bonchev–Trinajstić information content (AvgIpc) is 3.23. The molecule has 1 aromatic heterocycles. The van der Waals surface area contributed by atoms with Gasteiger partial charge in [-0.1, -0.05) is 43.7 Å². The molecule has 2 heterocycles. The fraction of sp³-hybridized carbons (Fsp3) is 0.421. The minimum absolute atomic E-state index is 0.0363. The van der Waals surface area contributed by atoms with E-state index in [1.165, 1.54) is 5.56 Å². The molecule has 2 aromatic rings. The molecule has 0 spiro atoms. The third kappa shape index (κ3) is 4.50. The van der Waals surface area contributed by atoms with Gasteiger partial charge in [0.1, 0.15) is 0 Å². The topological polar surface area (TPSA) is 63.2 Å². The van der Waals surface area contributed by atoms with E-state index < -0.39 is 15.8 Å². The maximum absolute atomic E-state index is 12.6. The van der Waals surface area contributed by atoms with Gasteiger partial charge in [0.15, 0.2) is 9.84 Å². The van der Waals surface area contributed by atoms with Crippen LogP contribution in [0.3, 0.4) is 0 Å². The fourth-order valence-electron chi connectivity index (χ4n) is 3.20. The Morgan fingerprint density at radius 1 is 1.28 bits per heavy atom. The first-order valence-electron chi connectivity index (χ1n) is 8.61. The predicted molar refractivity (Wildman–Crippen MR) is 102 cm³/mol. The summed E-state index contributed by atoms with van der Waals surface area (Å²) in [6.07, 6.45) is 2.55. The zero-order valence-corrected chi connectivity index (χ0v) is 15.9. The smallest absolute Gasteiger partial charge is 0.224 e. The molecule has 3 rings (SSSR count). The molecule has 4 nitrogen and oxygen atoms in total. The lowest BCUT2D eigenvalue weighted by molar-refractivity contribution is -0.124. The molecule has 0 bridgehead atoms. The molecule has 2 atom stereocenters. The number of sulfone groups is 1. The van der Waals surface area contributed by atoms with Gasteiger partial charge in [-0.25, -0.2) is 8.42 Å². The second-order valence-corrected chi connectivity index (χ2v) is 9.76. The Labute approximate surface area is 153 Å². The Morgan fingerprint density at radius 2 is 2.04 bits per heavy atom. The van der Waals surface area contributed by atoms with Gasteiger partial charge in [-0.3, -0.25) is 4.79 Å². The van der Waals surface area contributed by atoms with E-state index in [1.54, 1.807) is 11.3 Å². The Balaban J connectivity index is 1.80. The lowest BCUT2D eigenvalue weighted by atomic mass is 10.0. The zero-order valence-electron chi connectivity index (χ0n) is 14.3. The molecule has 1 aliphatic rings. The first kappa shape index (κ1) is 18.1. The van der Waals surface area contributed by atoms with Gasteiger partial charge in [0.2, 0.25) is 5.91 Å². The van der Waals surface area contributed by atoms with Crippen LogP contribution in [-0.2, 0) is 21.1 Å². The van der Waals surface area contributed by atoms with E-state index in [4.69, 9.17) is 0 Å². The summed E-state index contributed by atoms with van der Waals surface area (Å²) < 4.78 is 23.3. The van der Waals surface area contributed by atoms with Crippen molar-refractivity contribution in [2.45, 2.75) is 32.2 Å². The fourth-order valence-corrected chi connectivity index (χ4v) is 5.75.